The molecule has 4 amide bonds. The van der Waals surface area contributed by atoms with Gasteiger partial charge < -0.3 is 30.7 Å². The van der Waals surface area contributed by atoms with E-state index in [-0.39, 0.29) is 25.9 Å². The van der Waals surface area contributed by atoms with E-state index in [1.165, 1.54) is 12.0 Å². The first-order valence-corrected chi connectivity index (χ1v) is 14.2. The summed E-state index contributed by atoms with van der Waals surface area (Å²) in [6.45, 7) is 10.8. The summed E-state index contributed by atoms with van der Waals surface area (Å²) >= 11 is 0. The summed E-state index contributed by atoms with van der Waals surface area (Å²) in [5.74, 6) is -2.42. The number of amides is 4. The highest BCUT2D eigenvalue weighted by Crippen LogP contribution is 2.26. The zero-order valence-corrected chi connectivity index (χ0v) is 25.6. The number of esters is 1. The topological polar surface area (TPSA) is 157 Å². The van der Waals surface area contributed by atoms with Crippen LogP contribution in [-0.4, -0.2) is 66.5 Å². The van der Waals surface area contributed by atoms with E-state index in [4.69, 9.17) is 10.5 Å². The summed E-state index contributed by atoms with van der Waals surface area (Å²) in [4.78, 5) is 65.4. The van der Waals surface area contributed by atoms with Crippen molar-refractivity contribution in [2.75, 3.05) is 20.2 Å². The molecule has 0 saturated heterocycles. The summed E-state index contributed by atoms with van der Waals surface area (Å²) in [6.07, 6.45) is 3.39. The van der Waals surface area contributed by atoms with E-state index in [9.17, 15) is 24.0 Å². The number of primary amides is 1. The van der Waals surface area contributed by atoms with Crippen LogP contribution in [0, 0.1) is 13.8 Å². The maximum Gasteiger partial charge on any atom is 0.408 e. The molecule has 1 aromatic rings. The van der Waals surface area contributed by atoms with E-state index < -0.39 is 47.5 Å². The number of alkyl carbamates (subject to hydrolysis) is 1. The fraction of sp³-hybridized carbons (Fsp3) is 0.633. The number of methoxy groups -OCH3 is 1. The van der Waals surface area contributed by atoms with Crippen molar-refractivity contribution in [3.8, 4) is 0 Å². The minimum Gasteiger partial charge on any atom is -0.468 e. The van der Waals surface area contributed by atoms with Crippen molar-refractivity contribution in [3.63, 3.8) is 0 Å². The molecule has 0 aliphatic heterocycles. The first-order valence-electron chi connectivity index (χ1n) is 14.2. The van der Waals surface area contributed by atoms with Gasteiger partial charge in [0.25, 0.3) is 0 Å². The van der Waals surface area contributed by atoms with Crippen LogP contribution in [0.25, 0.3) is 0 Å². The fourth-order valence-electron chi connectivity index (χ4n) is 4.41. The monoisotopic (exact) mass is 576 g/mol. The standard InChI is InChI=1S/C30H48N4O7/c1-8-9-10-11-12-15-34(28(38)23(13-14-24(31)35)33-29(39)41-30(4,5)6)26(27(37)32-19-25(36)40-7)22-17-20(2)16-21(3)18-22/h16-18,23,26H,8-15,19H2,1-7H3,(H2,31,35)(H,32,37)(H,33,39). The van der Waals surface area contributed by atoms with Crippen molar-refractivity contribution in [1.82, 2.24) is 15.5 Å². The van der Waals surface area contributed by atoms with E-state index >= 15 is 0 Å². The van der Waals surface area contributed by atoms with Gasteiger partial charge in [-0.2, -0.15) is 0 Å². The molecule has 0 aliphatic carbocycles. The predicted octanol–water partition coefficient (Wildman–Crippen LogP) is 3.59. The largest absolute Gasteiger partial charge is 0.468 e. The molecule has 0 aromatic heterocycles. The molecule has 2 atom stereocenters. The lowest BCUT2D eigenvalue weighted by Gasteiger charge is -2.35. The minimum atomic E-state index is -1.19. The second-order valence-corrected chi connectivity index (χ2v) is 11.3. The quantitative estimate of drug-likeness (QED) is 0.200. The number of nitrogens with one attached hydrogen (secondary N) is 2. The Bertz CT molecular complexity index is 1030. The normalized spacial score (nSPS) is 12.6. The van der Waals surface area contributed by atoms with Crippen LogP contribution >= 0.6 is 0 Å². The number of aryl methyl sites for hydroxylation is 2. The Morgan fingerprint density at radius 1 is 0.976 bits per heavy atom. The van der Waals surface area contributed by atoms with E-state index in [1.54, 1.807) is 20.8 Å². The molecule has 0 heterocycles. The summed E-state index contributed by atoms with van der Waals surface area (Å²) in [6, 6.07) is 3.27. The molecule has 0 aliphatic rings. The number of hydrogen-bond donors (Lipinski definition) is 3. The molecule has 0 fully saturated rings. The average molecular weight is 577 g/mol. The van der Waals surface area contributed by atoms with Crippen LogP contribution in [0.2, 0.25) is 0 Å². The molecule has 230 valence electrons. The third-order valence-electron chi connectivity index (χ3n) is 6.21. The molecular weight excluding hydrogens is 528 g/mol. The van der Waals surface area contributed by atoms with E-state index in [1.807, 2.05) is 32.0 Å². The Hall–Kier alpha value is -3.63. The second-order valence-electron chi connectivity index (χ2n) is 11.3. The maximum absolute atomic E-state index is 14.2. The van der Waals surface area contributed by atoms with E-state index in [2.05, 4.69) is 22.3 Å². The second kappa shape index (κ2) is 17.2. The van der Waals surface area contributed by atoms with E-state index in [0.29, 0.717) is 12.0 Å². The molecule has 2 unspecified atom stereocenters. The zero-order valence-electron chi connectivity index (χ0n) is 25.6. The number of rotatable bonds is 16. The van der Waals surface area contributed by atoms with Crippen LogP contribution < -0.4 is 16.4 Å². The number of carbonyl (C=O) groups is 5. The van der Waals surface area contributed by atoms with Gasteiger partial charge in [0.15, 0.2) is 0 Å². The lowest BCUT2D eigenvalue weighted by Crippen LogP contribution is -2.53. The molecule has 0 radical (unpaired) electrons. The molecule has 1 rings (SSSR count). The number of nitrogens with zero attached hydrogens (tertiary/aromatic N) is 1. The fourth-order valence-corrected chi connectivity index (χ4v) is 4.41. The number of ether oxygens (including phenoxy) is 2. The zero-order chi connectivity index (χ0) is 31.2. The Labute approximate surface area is 243 Å². The van der Waals surface area contributed by atoms with Crippen molar-refractivity contribution >= 4 is 29.8 Å². The van der Waals surface area contributed by atoms with Gasteiger partial charge in [-0.05, 0) is 53.0 Å². The summed E-state index contributed by atoms with van der Waals surface area (Å²) < 4.78 is 10.0. The van der Waals surface area contributed by atoms with Crippen molar-refractivity contribution in [3.05, 3.63) is 34.9 Å². The SMILES string of the molecule is CCCCCCCN(C(=O)C(CCC(N)=O)NC(=O)OC(C)(C)C)C(C(=O)NCC(=O)OC)c1cc(C)cc(C)c1. The molecule has 0 saturated carbocycles. The molecule has 1 aromatic carbocycles. The molecule has 11 nitrogen and oxygen atoms in total. The smallest absolute Gasteiger partial charge is 0.408 e. The number of hydrogen-bond acceptors (Lipinski definition) is 7. The van der Waals surface area contributed by atoms with Gasteiger partial charge in [0.1, 0.15) is 24.2 Å². The third kappa shape index (κ3) is 13.5. The van der Waals surface area contributed by atoms with Crippen molar-refractivity contribution in [1.29, 1.82) is 0 Å². The van der Waals surface area contributed by atoms with Gasteiger partial charge in [-0.1, -0.05) is 61.9 Å². The van der Waals surface area contributed by atoms with Gasteiger partial charge in [-0.25, -0.2) is 4.79 Å². The van der Waals surface area contributed by atoms with Gasteiger partial charge in [0, 0.05) is 13.0 Å². The Morgan fingerprint density at radius 3 is 2.12 bits per heavy atom. The van der Waals surface area contributed by atoms with Crippen molar-refractivity contribution in [2.24, 2.45) is 5.73 Å². The lowest BCUT2D eigenvalue weighted by atomic mass is 9.97. The average Bonchev–Trinajstić information content (AvgIpc) is 2.86. The number of carbonyl (C=O) groups excluding carboxylic acids is 5. The highest BCUT2D eigenvalue weighted by atomic mass is 16.6. The van der Waals surface area contributed by atoms with Gasteiger partial charge in [-0.15, -0.1) is 0 Å². The predicted molar refractivity (Wildman–Crippen MR) is 156 cm³/mol. The van der Waals surface area contributed by atoms with E-state index in [0.717, 1.165) is 36.8 Å². The Morgan fingerprint density at radius 2 is 1.59 bits per heavy atom. The third-order valence-corrected chi connectivity index (χ3v) is 6.21. The van der Waals surface area contributed by atoms with Crippen LogP contribution in [0.15, 0.2) is 18.2 Å². The van der Waals surface area contributed by atoms with Gasteiger partial charge >= 0.3 is 12.1 Å². The van der Waals surface area contributed by atoms with Crippen LogP contribution in [0.3, 0.4) is 0 Å². The van der Waals surface area contributed by atoms with Gasteiger partial charge in [0.05, 0.1) is 7.11 Å². The Balaban J connectivity index is 3.57. The molecular formula is C30H48N4O7. The molecule has 41 heavy (non-hydrogen) atoms. The van der Waals surface area contributed by atoms with Crippen LogP contribution in [0.1, 0.15) is 95.4 Å². The molecule has 0 bridgehead atoms. The molecule has 4 N–H and O–H groups in total. The summed E-state index contributed by atoms with van der Waals surface area (Å²) in [7, 11) is 1.22. The molecule has 11 heteroatoms. The van der Waals surface area contributed by atoms with Crippen molar-refractivity contribution < 1.29 is 33.4 Å². The number of benzene rings is 1. The highest BCUT2D eigenvalue weighted by molar-refractivity contribution is 5.93. The number of nitrogens with two attached hydrogens (primary N) is 1. The Kier molecular flexibility index (Phi) is 14.9. The minimum absolute atomic E-state index is 0.0803. The van der Waals surface area contributed by atoms with Gasteiger partial charge in [-0.3, -0.25) is 19.2 Å². The maximum atomic E-state index is 14.2. The summed E-state index contributed by atoms with van der Waals surface area (Å²) in [5.41, 5.74) is 6.88. The number of unbranched alkanes of at least 4 members (excludes halogenated alkanes) is 4. The lowest BCUT2D eigenvalue weighted by molar-refractivity contribution is -0.145. The van der Waals surface area contributed by atoms with Gasteiger partial charge in [0.2, 0.25) is 17.7 Å². The molecule has 0 spiro atoms. The van der Waals surface area contributed by atoms with Crippen molar-refractivity contribution in [2.45, 2.75) is 104 Å². The summed E-state index contributed by atoms with van der Waals surface area (Å²) in [5, 5.41) is 5.17. The van der Waals surface area contributed by atoms with Crippen LogP contribution in [0.5, 0.6) is 0 Å². The van der Waals surface area contributed by atoms with Crippen LogP contribution in [0.4, 0.5) is 4.79 Å². The van der Waals surface area contributed by atoms with Crippen LogP contribution in [-0.2, 0) is 28.7 Å². The first kappa shape index (κ1) is 35.4. The highest BCUT2D eigenvalue weighted by Gasteiger charge is 2.36. The first-order chi connectivity index (χ1) is 19.2.